The van der Waals surface area contributed by atoms with E-state index in [-0.39, 0.29) is 11.9 Å². The van der Waals surface area contributed by atoms with E-state index < -0.39 is 5.91 Å². The number of carbonyl (C=O) groups is 1. The van der Waals surface area contributed by atoms with Crippen LogP contribution in [0.3, 0.4) is 0 Å². The van der Waals surface area contributed by atoms with Crippen LogP contribution < -0.4 is 11.1 Å². The van der Waals surface area contributed by atoms with Crippen molar-refractivity contribution in [1.82, 2.24) is 0 Å². The highest BCUT2D eigenvalue weighted by Crippen LogP contribution is 2.20. The minimum absolute atomic E-state index is 0.0312. The van der Waals surface area contributed by atoms with E-state index in [2.05, 4.69) is 5.32 Å². The molecule has 4 heteroatoms. The number of anilines is 1. The molecule has 0 fully saturated rings. The Kier molecular flexibility index (Phi) is 4.58. The summed E-state index contributed by atoms with van der Waals surface area (Å²) in [5, 5.41) is 3.31. The van der Waals surface area contributed by atoms with E-state index in [9.17, 15) is 9.18 Å². The highest BCUT2D eigenvalue weighted by atomic mass is 19.1. The van der Waals surface area contributed by atoms with Gasteiger partial charge >= 0.3 is 0 Å². The molecule has 21 heavy (non-hydrogen) atoms. The SMILES string of the molecule is Cc1c(NC(C)Cc2ccccc2F)cccc1C(N)=O. The molecule has 0 spiro atoms. The normalized spacial score (nSPS) is 12.0. The molecule has 0 aromatic heterocycles. The second-order valence-electron chi connectivity index (χ2n) is 5.18. The van der Waals surface area contributed by atoms with Gasteiger partial charge in [0.05, 0.1) is 0 Å². The number of nitrogens with one attached hydrogen (secondary N) is 1. The molecule has 0 saturated heterocycles. The Bertz CT molecular complexity index is 655. The summed E-state index contributed by atoms with van der Waals surface area (Å²) >= 11 is 0. The van der Waals surface area contributed by atoms with Crippen molar-refractivity contribution in [2.75, 3.05) is 5.32 Å². The van der Waals surface area contributed by atoms with Crippen molar-refractivity contribution >= 4 is 11.6 Å². The van der Waals surface area contributed by atoms with E-state index in [1.807, 2.05) is 26.0 Å². The van der Waals surface area contributed by atoms with Crippen LogP contribution >= 0.6 is 0 Å². The molecule has 0 aliphatic rings. The number of benzene rings is 2. The topological polar surface area (TPSA) is 55.1 Å². The maximum atomic E-state index is 13.6. The molecule has 3 nitrogen and oxygen atoms in total. The summed E-state index contributed by atoms with van der Waals surface area (Å²) in [6, 6.07) is 12.1. The number of nitrogens with two attached hydrogens (primary N) is 1. The van der Waals surface area contributed by atoms with Gasteiger partial charge in [-0.15, -0.1) is 0 Å². The smallest absolute Gasteiger partial charge is 0.249 e. The van der Waals surface area contributed by atoms with Crippen LogP contribution in [0.15, 0.2) is 42.5 Å². The zero-order valence-corrected chi connectivity index (χ0v) is 12.2. The minimum atomic E-state index is -0.446. The van der Waals surface area contributed by atoms with Crippen LogP contribution in [0.4, 0.5) is 10.1 Å². The maximum Gasteiger partial charge on any atom is 0.249 e. The van der Waals surface area contributed by atoms with Crippen LogP contribution in [0.2, 0.25) is 0 Å². The van der Waals surface area contributed by atoms with Gasteiger partial charge in [0.25, 0.3) is 0 Å². The summed E-state index contributed by atoms with van der Waals surface area (Å²) in [7, 11) is 0. The van der Waals surface area contributed by atoms with Crippen molar-refractivity contribution in [1.29, 1.82) is 0 Å². The number of rotatable bonds is 5. The lowest BCUT2D eigenvalue weighted by Gasteiger charge is -2.18. The molecule has 0 aliphatic carbocycles. The highest BCUT2D eigenvalue weighted by Gasteiger charge is 2.12. The molecule has 3 N–H and O–H groups in total. The molecule has 110 valence electrons. The van der Waals surface area contributed by atoms with Crippen molar-refractivity contribution in [2.24, 2.45) is 5.73 Å². The predicted molar refractivity (Wildman–Crippen MR) is 82.9 cm³/mol. The van der Waals surface area contributed by atoms with Crippen LogP contribution in [-0.2, 0) is 6.42 Å². The fraction of sp³-hybridized carbons (Fsp3) is 0.235. The molecule has 1 amide bonds. The largest absolute Gasteiger partial charge is 0.382 e. The molecule has 0 heterocycles. The van der Waals surface area contributed by atoms with Crippen molar-refractivity contribution in [3.05, 3.63) is 65.0 Å². The predicted octanol–water partition coefficient (Wildman–Crippen LogP) is 3.28. The van der Waals surface area contributed by atoms with Crippen molar-refractivity contribution < 1.29 is 9.18 Å². The molecule has 0 aliphatic heterocycles. The minimum Gasteiger partial charge on any atom is -0.382 e. The average molecular weight is 286 g/mol. The fourth-order valence-electron chi connectivity index (χ4n) is 2.37. The molecule has 0 bridgehead atoms. The van der Waals surface area contributed by atoms with Crippen LogP contribution in [0, 0.1) is 12.7 Å². The van der Waals surface area contributed by atoms with Crippen LogP contribution in [0.1, 0.15) is 28.4 Å². The van der Waals surface area contributed by atoms with Crippen LogP contribution in [0.5, 0.6) is 0 Å². The molecule has 1 unspecified atom stereocenters. The Balaban J connectivity index is 2.13. The van der Waals surface area contributed by atoms with Gasteiger partial charge in [-0.3, -0.25) is 4.79 Å². The molecular weight excluding hydrogens is 267 g/mol. The standard InChI is InChI=1S/C17H19FN2O/c1-11(10-13-6-3-4-8-15(13)18)20-16-9-5-7-14(12(16)2)17(19)21/h3-9,11,20H,10H2,1-2H3,(H2,19,21). The van der Waals surface area contributed by atoms with Gasteiger partial charge in [-0.1, -0.05) is 24.3 Å². The fourth-order valence-corrected chi connectivity index (χ4v) is 2.37. The summed E-state index contributed by atoms with van der Waals surface area (Å²) in [4.78, 5) is 11.3. The lowest BCUT2D eigenvalue weighted by molar-refractivity contribution is 0.1000. The quantitative estimate of drug-likeness (QED) is 0.886. The number of amides is 1. The monoisotopic (exact) mass is 286 g/mol. The molecule has 0 saturated carbocycles. The molecule has 2 aromatic carbocycles. The Morgan fingerprint density at radius 2 is 1.95 bits per heavy atom. The van der Waals surface area contributed by atoms with E-state index in [0.717, 1.165) is 11.3 Å². The van der Waals surface area contributed by atoms with Gasteiger partial charge in [0, 0.05) is 17.3 Å². The maximum absolute atomic E-state index is 13.6. The molecule has 2 aromatic rings. The third-order valence-electron chi connectivity index (χ3n) is 3.49. The first-order valence-corrected chi connectivity index (χ1v) is 6.88. The third-order valence-corrected chi connectivity index (χ3v) is 3.49. The average Bonchev–Trinajstić information content (AvgIpc) is 2.43. The third kappa shape index (κ3) is 3.60. The highest BCUT2D eigenvalue weighted by molar-refractivity contribution is 5.95. The summed E-state index contributed by atoms with van der Waals surface area (Å²) in [5.41, 5.74) is 8.16. The van der Waals surface area contributed by atoms with Crippen LogP contribution in [-0.4, -0.2) is 11.9 Å². The van der Waals surface area contributed by atoms with Gasteiger partial charge in [0.1, 0.15) is 5.82 Å². The van der Waals surface area contributed by atoms with Gasteiger partial charge in [-0.05, 0) is 49.6 Å². The van der Waals surface area contributed by atoms with E-state index in [1.165, 1.54) is 6.07 Å². The number of hydrogen-bond acceptors (Lipinski definition) is 2. The lowest BCUT2D eigenvalue weighted by Crippen LogP contribution is -2.20. The first-order valence-electron chi connectivity index (χ1n) is 6.88. The Morgan fingerprint density at radius 1 is 1.24 bits per heavy atom. The first kappa shape index (κ1) is 15.0. The molecule has 2 rings (SSSR count). The summed E-state index contributed by atoms with van der Waals surface area (Å²) in [5.74, 6) is -0.647. The Labute approximate surface area is 124 Å². The number of primary amides is 1. The number of carbonyl (C=O) groups excluding carboxylic acids is 1. The van der Waals surface area contributed by atoms with Crippen molar-refractivity contribution in [2.45, 2.75) is 26.3 Å². The van der Waals surface area contributed by atoms with Crippen molar-refractivity contribution in [3.63, 3.8) is 0 Å². The van der Waals surface area contributed by atoms with E-state index in [0.29, 0.717) is 17.5 Å². The molecular formula is C17H19FN2O. The van der Waals surface area contributed by atoms with Gasteiger partial charge < -0.3 is 11.1 Å². The lowest BCUT2D eigenvalue weighted by atomic mass is 10.0. The van der Waals surface area contributed by atoms with E-state index in [1.54, 1.807) is 24.3 Å². The summed E-state index contributed by atoms with van der Waals surface area (Å²) in [6.07, 6.45) is 0.562. The van der Waals surface area contributed by atoms with E-state index in [4.69, 9.17) is 5.73 Å². The zero-order valence-electron chi connectivity index (χ0n) is 12.2. The van der Waals surface area contributed by atoms with Crippen LogP contribution in [0.25, 0.3) is 0 Å². The second kappa shape index (κ2) is 6.39. The van der Waals surface area contributed by atoms with Gasteiger partial charge in [-0.2, -0.15) is 0 Å². The Hall–Kier alpha value is -2.36. The summed E-state index contributed by atoms with van der Waals surface area (Å²) < 4.78 is 13.6. The first-order chi connectivity index (χ1) is 9.99. The number of halogens is 1. The molecule has 1 atom stereocenters. The van der Waals surface area contributed by atoms with Gasteiger partial charge in [0.2, 0.25) is 5.91 Å². The zero-order chi connectivity index (χ0) is 15.4. The Morgan fingerprint density at radius 3 is 2.62 bits per heavy atom. The number of hydrogen-bond donors (Lipinski definition) is 2. The van der Waals surface area contributed by atoms with Crippen molar-refractivity contribution in [3.8, 4) is 0 Å². The second-order valence-corrected chi connectivity index (χ2v) is 5.18. The van der Waals surface area contributed by atoms with Gasteiger partial charge in [0.15, 0.2) is 0 Å². The molecule has 0 radical (unpaired) electrons. The van der Waals surface area contributed by atoms with E-state index >= 15 is 0 Å². The summed E-state index contributed by atoms with van der Waals surface area (Å²) in [6.45, 7) is 3.82. The van der Waals surface area contributed by atoms with Gasteiger partial charge in [-0.25, -0.2) is 4.39 Å².